The zero-order valence-corrected chi connectivity index (χ0v) is 10.5. The van der Waals surface area contributed by atoms with Gasteiger partial charge in [0.1, 0.15) is 0 Å². The maximum absolute atomic E-state index is 10.9. The molecule has 0 aliphatic carbocycles. The standard InChI is InChI=1S/C9H19NO2.C2H4O2/c1-4-12-9(11)6-8(10)5-7(2)3;1-2(3)4/h7-8H,4-6,10H2,1-3H3;1H3,(H,3,4)/t8-;/m1./s1. The quantitative estimate of drug-likeness (QED) is 0.701. The molecule has 0 aromatic carbocycles. The van der Waals surface area contributed by atoms with Crippen LogP contribution in [0.15, 0.2) is 0 Å². The third-order valence-corrected chi connectivity index (χ3v) is 1.51. The summed E-state index contributed by atoms with van der Waals surface area (Å²) >= 11 is 0. The molecule has 0 fully saturated rings. The lowest BCUT2D eigenvalue weighted by Crippen LogP contribution is -2.26. The lowest BCUT2D eigenvalue weighted by Gasteiger charge is -2.12. The van der Waals surface area contributed by atoms with Crippen molar-refractivity contribution in [3.05, 3.63) is 0 Å². The van der Waals surface area contributed by atoms with E-state index in [2.05, 4.69) is 13.8 Å². The van der Waals surface area contributed by atoms with Gasteiger partial charge in [-0.3, -0.25) is 9.59 Å². The summed E-state index contributed by atoms with van der Waals surface area (Å²) in [6.45, 7) is 7.50. The molecule has 0 bridgehead atoms. The molecular formula is C11H23NO4. The third-order valence-electron chi connectivity index (χ3n) is 1.51. The summed E-state index contributed by atoms with van der Waals surface area (Å²) in [7, 11) is 0. The Morgan fingerprint density at radius 2 is 1.81 bits per heavy atom. The Kier molecular flexibility index (Phi) is 11.3. The second-order valence-electron chi connectivity index (χ2n) is 3.92. The van der Waals surface area contributed by atoms with Crippen LogP contribution in [0.3, 0.4) is 0 Å². The van der Waals surface area contributed by atoms with Crippen molar-refractivity contribution in [3.63, 3.8) is 0 Å². The van der Waals surface area contributed by atoms with E-state index in [4.69, 9.17) is 20.4 Å². The van der Waals surface area contributed by atoms with Crippen LogP contribution in [0.1, 0.15) is 40.5 Å². The number of carbonyl (C=O) groups excluding carboxylic acids is 1. The fourth-order valence-corrected chi connectivity index (χ4v) is 1.12. The summed E-state index contributed by atoms with van der Waals surface area (Å²) in [5.41, 5.74) is 5.70. The maximum atomic E-state index is 10.9. The van der Waals surface area contributed by atoms with Crippen LogP contribution in [0.4, 0.5) is 0 Å². The highest BCUT2D eigenvalue weighted by Crippen LogP contribution is 2.06. The first-order valence-electron chi connectivity index (χ1n) is 5.40. The SMILES string of the molecule is CC(=O)O.CCOC(=O)C[C@H](N)CC(C)C. The van der Waals surface area contributed by atoms with Crippen molar-refractivity contribution in [2.24, 2.45) is 11.7 Å². The van der Waals surface area contributed by atoms with Gasteiger partial charge in [0.2, 0.25) is 0 Å². The predicted molar refractivity (Wildman–Crippen MR) is 62.0 cm³/mol. The molecule has 0 aromatic rings. The molecule has 0 spiro atoms. The van der Waals surface area contributed by atoms with E-state index in [1.165, 1.54) is 0 Å². The normalized spacial score (nSPS) is 11.4. The van der Waals surface area contributed by atoms with Crippen LogP contribution in [0.25, 0.3) is 0 Å². The first-order chi connectivity index (χ1) is 7.29. The van der Waals surface area contributed by atoms with Crippen LogP contribution in [-0.4, -0.2) is 29.7 Å². The molecule has 0 aromatic heterocycles. The average Bonchev–Trinajstić information content (AvgIpc) is 2.00. The van der Waals surface area contributed by atoms with E-state index in [0.717, 1.165) is 13.3 Å². The second kappa shape index (κ2) is 10.4. The molecule has 0 saturated carbocycles. The summed E-state index contributed by atoms with van der Waals surface area (Å²) in [6, 6.07) is -0.0518. The molecule has 0 amide bonds. The molecule has 5 nitrogen and oxygen atoms in total. The molecule has 16 heavy (non-hydrogen) atoms. The highest BCUT2D eigenvalue weighted by molar-refractivity contribution is 5.70. The fraction of sp³-hybridized carbons (Fsp3) is 0.818. The Morgan fingerprint density at radius 1 is 1.38 bits per heavy atom. The number of esters is 1. The lowest BCUT2D eigenvalue weighted by atomic mass is 10.0. The number of nitrogens with two attached hydrogens (primary N) is 1. The molecule has 0 aliphatic rings. The van der Waals surface area contributed by atoms with E-state index in [1.54, 1.807) is 6.92 Å². The van der Waals surface area contributed by atoms with E-state index in [-0.39, 0.29) is 12.0 Å². The lowest BCUT2D eigenvalue weighted by molar-refractivity contribution is -0.143. The molecule has 0 radical (unpaired) electrons. The van der Waals surface area contributed by atoms with Crippen molar-refractivity contribution in [2.45, 2.75) is 46.6 Å². The largest absolute Gasteiger partial charge is 0.481 e. The van der Waals surface area contributed by atoms with E-state index < -0.39 is 5.97 Å². The molecule has 1 atom stereocenters. The third kappa shape index (κ3) is 18.6. The molecule has 0 unspecified atom stereocenters. The van der Waals surface area contributed by atoms with Gasteiger partial charge in [-0.2, -0.15) is 0 Å². The van der Waals surface area contributed by atoms with Crippen molar-refractivity contribution in [1.29, 1.82) is 0 Å². The van der Waals surface area contributed by atoms with Gasteiger partial charge in [-0.1, -0.05) is 13.8 Å². The van der Waals surface area contributed by atoms with Crippen molar-refractivity contribution >= 4 is 11.9 Å². The highest BCUT2D eigenvalue weighted by Gasteiger charge is 2.11. The maximum Gasteiger partial charge on any atom is 0.307 e. The predicted octanol–water partition coefficient (Wildman–Crippen LogP) is 1.40. The number of aliphatic carboxylic acids is 1. The van der Waals surface area contributed by atoms with Gasteiger partial charge in [0, 0.05) is 13.0 Å². The van der Waals surface area contributed by atoms with Gasteiger partial charge >= 0.3 is 5.97 Å². The van der Waals surface area contributed by atoms with Gasteiger partial charge in [0.15, 0.2) is 0 Å². The van der Waals surface area contributed by atoms with Gasteiger partial charge in [0.05, 0.1) is 13.0 Å². The van der Waals surface area contributed by atoms with Crippen LogP contribution < -0.4 is 5.73 Å². The Morgan fingerprint density at radius 3 is 2.12 bits per heavy atom. The number of carbonyl (C=O) groups is 2. The van der Waals surface area contributed by atoms with E-state index in [9.17, 15) is 4.79 Å². The molecule has 0 aliphatic heterocycles. The smallest absolute Gasteiger partial charge is 0.307 e. The first-order valence-corrected chi connectivity index (χ1v) is 5.40. The molecule has 0 heterocycles. The molecule has 5 heteroatoms. The topological polar surface area (TPSA) is 89.6 Å². The number of rotatable bonds is 5. The average molecular weight is 233 g/mol. The Bertz CT molecular complexity index is 200. The molecule has 0 rings (SSSR count). The Labute approximate surface area is 97.0 Å². The summed E-state index contributed by atoms with van der Waals surface area (Å²) in [5, 5.41) is 7.42. The number of hydrogen-bond acceptors (Lipinski definition) is 4. The van der Waals surface area contributed by atoms with Crippen LogP contribution in [-0.2, 0) is 14.3 Å². The van der Waals surface area contributed by atoms with Gasteiger partial charge in [-0.25, -0.2) is 0 Å². The minimum Gasteiger partial charge on any atom is -0.481 e. The summed E-state index contributed by atoms with van der Waals surface area (Å²) in [4.78, 5) is 19.9. The summed E-state index contributed by atoms with van der Waals surface area (Å²) in [5.74, 6) is -0.486. The Balaban J connectivity index is 0. The number of carboxylic acids is 1. The zero-order valence-electron chi connectivity index (χ0n) is 10.5. The van der Waals surface area contributed by atoms with E-state index in [1.807, 2.05) is 0 Å². The second-order valence-corrected chi connectivity index (χ2v) is 3.92. The van der Waals surface area contributed by atoms with Gasteiger partial charge in [-0.05, 0) is 19.3 Å². The van der Waals surface area contributed by atoms with E-state index >= 15 is 0 Å². The molecule has 0 saturated heterocycles. The fourth-order valence-electron chi connectivity index (χ4n) is 1.12. The summed E-state index contributed by atoms with van der Waals surface area (Å²) in [6.07, 6.45) is 1.21. The van der Waals surface area contributed by atoms with Crippen molar-refractivity contribution in [3.8, 4) is 0 Å². The van der Waals surface area contributed by atoms with Gasteiger partial charge < -0.3 is 15.6 Å². The highest BCUT2D eigenvalue weighted by atomic mass is 16.5. The monoisotopic (exact) mass is 233 g/mol. The van der Waals surface area contributed by atoms with Crippen LogP contribution >= 0.6 is 0 Å². The van der Waals surface area contributed by atoms with Crippen molar-refractivity contribution in [2.75, 3.05) is 6.61 Å². The minimum atomic E-state index is -0.833. The Hall–Kier alpha value is -1.10. The van der Waals surface area contributed by atoms with Gasteiger partial charge in [0.25, 0.3) is 5.97 Å². The number of carboxylic acid groups (broad SMARTS) is 1. The summed E-state index contributed by atoms with van der Waals surface area (Å²) < 4.78 is 4.78. The van der Waals surface area contributed by atoms with Crippen LogP contribution in [0.5, 0.6) is 0 Å². The van der Waals surface area contributed by atoms with Crippen molar-refractivity contribution < 1.29 is 19.4 Å². The molecular weight excluding hydrogens is 210 g/mol. The van der Waals surface area contributed by atoms with Crippen molar-refractivity contribution in [1.82, 2.24) is 0 Å². The van der Waals surface area contributed by atoms with E-state index in [0.29, 0.717) is 18.9 Å². The number of hydrogen-bond donors (Lipinski definition) is 2. The minimum absolute atomic E-state index is 0.0518. The van der Waals surface area contributed by atoms with Crippen LogP contribution in [0.2, 0.25) is 0 Å². The number of ether oxygens (including phenoxy) is 1. The first kappa shape index (κ1) is 17.3. The molecule has 3 N–H and O–H groups in total. The van der Waals surface area contributed by atoms with Crippen LogP contribution in [0, 0.1) is 5.92 Å². The zero-order chi connectivity index (χ0) is 13.1. The molecule has 96 valence electrons. The van der Waals surface area contributed by atoms with Gasteiger partial charge in [-0.15, -0.1) is 0 Å².